The standard InChI is InChI=1S/C15H10BrN5S2/c16-14-17-11-4-3-9(7-12(11)23-14)22-15-19-18-13-6-5-10(8-1-2-8)20-21(13)15/h3-8H,1-2H2. The van der Waals surface area contributed by atoms with E-state index in [1.807, 2.05) is 16.6 Å². The molecule has 1 aliphatic rings. The Morgan fingerprint density at radius 1 is 1.17 bits per heavy atom. The molecule has 5 nitrogen and oxygen atoms in total. The van der Waals surface area contributed by atoms with Gasteiger partial charge in [0.15, 0.2) is 9.56 Å². The van der Waals surface area contributed by atoms with Crippen LogP contribution >= 0.6 is 39.0 Å². The number of hydrogen-bond acceptors (Lipinski definition) is 6. The van der Waals surface area contributed by atoms with Gasteiger partial charge in [0, 0.05) is 10.8 Å². The first-order valence-electron chi connectivity index (χ1n) is 7.22. The summed E-state index contributed by atoms with van der Waals surface area (Å²) in [4.78, 5) is 5.53. The Morgan fingerprint density at radius 2 is 2.09 bits per heavy atom. The van der Waals surface area contributed by atoms with Gasteiger partial charge in [0.1, 0.15) is 0 Å². The predicted octanol–water partition coefficient (Wildman–Crippen LogP) is 4.53. The molecular formula is C15H10BrN5S2. The second kappa shape index (κ2) is 5.25. The minimum Gasteiger partial charge on any atom is -0.229 e. The maximum atomic E-state index is 4.71. The van der Waals surface area contributed by atoms with Crippen molar-refractivity contribution in [3.8, 4) is 0 Å². The first-order chi connectivity index (χ1) is 11.3. The quantitative estimate of drug-likeness (QED) is 0.502. The van der Waals surface area contributed by atoms with E-state index >= 15 is 0 Å². The summed E-state index contributed by atoms with van der Waals surface area (Å²) >= 11 is 6.64. The molecule has 0 unspecified atom stereocenters. The fourth-order valence-corrected chi connectivity index (χ4v) is 4.83. The Bertz CT molecular complexity index is 1040. The molecule has 3 aromatic heterocycles. The summed E-state index contributed by atoms with van der Waals surface area (Å²) in [7, 11) is 0. The number of thiazole rings is 1. The van der Waals surface area contributed by atoms with Crippen LogP contribution in [-0.2, 0) is 0 Å². The molecule has 1 fully saturated rings. The molecule has 1 aliphatic carbocycles. The van der Waals surface area contributed by atoms with Gasteiger partial charge in [-0.1, -0.05) is 0 Å². The molecule has 23 heavy (non-hydrogen) atoms. The molecule has 0 saturated heterocycles. The zero-order valence-corrected chi connectivity index (χ0v) is 15.0. The van der Waals surface area contributed by atoms with Crippen molar-refractivity contribution in [1.82, 2.24) is 24.8 Å². The van der Waals surface area contributed by atoms with Crippen LogP contribution in [0.25, 0.3) is 15.9 Å². The smallest absolute Gasteiger partial charge is 0.217 e. The van der Waals surface area contributed by atoms with Gasteiger partial charge in [0.2, 0.25) is 5.16 Å². The second-order valence-corrected chi connectivity index (χ2v) is 8.83. The Balaban J connectivity index is 1.54. The molecule has 114 valence electrons. The van der Waals surface area contributed by atoms with E-state index in [-0.39, 0.29) is 0 Å². The van der Waals surface area contributed by atoms with Gasteiger partial charge in [0.05, 0.1) is 15.9 Å². The number of hydrogen-bond donors (Lipinski definition) is 0. The van der Waals surface area contributed by atoms with Gasteiger partial charge in [-0.05, 0) is 70.9 Å². The van der Waals surface area contributed by atoms with Gasteiger partial charge in [-0.25, -0.2) is 4.98 Å². The molecule has 0 amide bonds. The molecule has 3 heterocycles. The molecular weight excluding hydrogens is 394 g/mol. The molecule has 0 radical (unpaired) electrons. The topological polar surface area (TPSA) is 56.0 Å². The van der Waals surface area contributed by atoms with Gasteiger partial charge in [0.25, 0.3) is 0 Å². The molecule has 0 N–H and O–H groups in total. The third-order valence-electron chi connectivity index (χ3n) is 3.79. The van der Waals surface area contributed by atoms with Crippen LogP contribution in [0, 0.1) is 0 Å². The highest BCUT2D eigenvalue weighted by Crippen LogP contribution is 2.39. The molecule has 1 saturated carbocycles. The third kappa shape index (κ3) is 2.54. The van der Waals surface area contributed by atoms with Crippen LogP contribution in [0.5, 0.6) is 0 Å². The largest absolute Gasteiger partial charge is 0.229 e. The number of nitrogens with zero attached hydrogens (tertiary/aromatic N) is 5. The Morgan fingerprint density at radius 3 is 2.96 bits per heavy atom. The van der Waals surface area contributed by atoms with Crippen LogP contribution in [0.3, 0.4) is 0 Å². The minimum absolute atomic E-state index is 0.616. The molecule has 5 rings (SSSR count). The average molecular weight is 404 g/mol. The number of aromatic nitrogens is 5. The van der Waals surface area contributed by atoms with E-state index in [0.29, 0.717) is 5.92 Å². The fourth-order valence-electron chi connectivity index (χ4n) is 2.49. The van der Waals surface area contributed by atoms with Crippen molar-refractivity contribution in [1.29, 1.82) is 0 Å². The van der Waals surface area contributed by atoms with Gasteiger partial charge in [-0.15, -0.1) is 21.5 Å². The zero-order valence-electron chi connectivity index (χ0n) is 11.8. The van der Waals surface area contributed by atoms with E-state index in [4.69, 9.17) is 5.10 Å². The van der Waals surface area contributed by atoms with E-state index < -0.39 is 0 Å². The predicted molar refractivity (Wildman–Crippen MR) is 94.2 cm³/mol. The number of rotatable bonds is 3. The summed E-state index contributed by atoms with van der Waals surface area (Å²) in [6.07, 6.45) is 2.47. The van der Waals surface area contributed by atoms with Crippen molar-refractivity contribution in [2.45, 2.75) is 28.8 Å². The lowest BCUT2D eigenvalue weighted by molar-refractivity contribution is 0.772. The number of halogens is 1. The lowest BCUT2D eigenvalue weighted by Gasteiger charge is -2.01. The van der Waals surface area contributed by atoms with E-state index in [0.717, 1.165) is 35.5 Å². The average Bonchev–Trinajstić information content (AvgIpc) is 3.23. The van der Waals surface area contributed by atoms with E-state index in [2.05, 4.69) is 49.3 Å². The Labute approximate surface area is 148 Å². The highest BCUT2D eigenvalue weighted by molar-refractivity contribution is 9.11. The van der Waals surface area contributed by atoms with E-state index in [9.17, 15) is 0 Å². The first kappa shape index (κ1) is 13.9. The van der Waals surface area contributed by atoms with Crippen LogP contribution in [0.1, 0.15) is 24.5 Å². The van der Waals surface area contributed by atoms with Gasteiger partial charge in [-0.3, -0.25) is 0 Å². The molecule has 0 atom stereocenters. The summed E-state index contributed by atoms with van der Waals surface area (Å²) in [6, 6.07) is 10.3. The molecule has 0 spiro atoms. The summed E-state index contributed by atoms with van der Waals surface area (Å²) < 4.78 is 3.91. The lowest BCUT2D eigenvalue weighted by atomic mass is 10.3. The number of fused-ring (bicyclic) bond motifs is 2. The zero-order chi connectivity index (χ0) is 15.4. The number of benzene rings is 1. The summed E-state index contributed by atoms with van der Waals surface area (Å²) in [5.74, 6) is 0.616. The molecule has 4 aromatic rings. The first-order valence-corrected chi connectivity index (χ1v) is 9.65. The van der Waals surface area contributed by atoms with Crippen LogP contribution in [-0.4, -0.2) is 24.8 Å². The minimum atomic E-state index is 0.616. The normalized spacial score (nSPS) is 14.8. The fraction of sp³-hybridized carbons (Fsp3) is 0.200. The molecule has 1 aromatic carbocycles. The van der Waals surface area contributed by atoms with Crippen molar-refractivity contribution in [3.05, 3.63) is 39.9 Å². The molecule has 8 heteroatoms. The highest BCUT2D eigenvalue weighted by Gasteiger charge is 2.25. The summed E-state index contributed by atoms with van der Waals surface area (Å²) in [5, 5.41) is 14.0. The monoisotopic (exact) mass is 403 g/mol. The third-order valence-corrected chi connectivity index (χ3v) is 6.19. The maximum absolute atomic E-state index is 4.71. The van der Waals surface area contributed by atoms with Crippen molar-refractivity contribution >= 4 is 54.9 Å². The summed E-state index contributed by atoms with van der Waals surface area (Å²) in [5.41, 5.74) is 2.94. The van der Waals surface area contributed by atoms with Gasteiger partial charge < -0.3 is 0 Å². The van der Waals surface area contributed by atoms with Crippen molar-refractivity contribution in [2.75, 3.05) is 0 Å². The van der Waals surface area contributed by atoms with Crippen LogP contribution in [0.2, 0.25) is 0 Å². The van der Waals surface area contributed by atoms with Gasteiger partial charge >= 0.3 is 0 Å². The van der Waals surface area contributed by atoms with Crippen molar-refractivity contribution in [3.63, 3.8) is 0 Å². The Kier molecular flexibility index (Phi) is 3.17. The van der Waals surface area contributed by atoms with Crippen LogP contribution < -0.4 is 0 Å². The highest BCUT2D eigenvalue weighted by atomic mass is 79.9. The van der Waals surface area contributed by atoms with E-state index in [1.54, 1.807) is 23.1 Å². The molecule has 0 aliphatic heterocycles. The molecule has 0 bridgehead atoms. The Hall–Kier alpha value is -1.51. The van der Waals surface area contributed by atoms with E-state index in [1.165, 1.54) is 12.8 Å². The maximum Gasteiger partial charge on any atom is 0.217 e. The van der Waals surface area contributed by atoms with Gasteiger partial charge in [-0.2, -0.15) is 9.61 Å². The van der Waals surface area contributed by atoms with Crippen molar-refractivity contribution in [2.24, 2.45) is 0 Å². The second-order valence-electron chi connectivity index (χ2n) is 5.48. The summed E-state index contributed by atoms with van der Waals surface area (Å²) in [6.45, 7) is 0. The van der Waals surface area contributed by atoms with Crippen LogP contribution in [0.15, 0.2) is 44.3 Å². The SMILES string of the molecule is Brc1nc2ccc(Sc3nnc4ccc(C5CC5)nn34)cc2s1. The lowest BCUT2D eigenvalue weighted by Crippen LogP contribution is -1.97. The van der Waals surface area contributed by atoms with Crippen molar-refractivity contribution < 1.29 is 0 Å². The van der Waals surface area contributed by atoms with Crippen LogP contribution in [0.4, 0.5) is 0 Å².